The van der Waals surface area contributed by atoms with Gasteiger partial charge in [0.25, 0.3) is 5.91 Å². The molecule has 0 radical (unpaired) electrons. The van der Waals surface area contributed by atoms with E-state index in [4.69, 9.17) is 4.74 Å². The number of ether oxygens (including phenoxy) is 2. The molecule has 1 amide bonds. The van der Waals surface area contributed by atoms with Crippen molar-refractivity contribution in [3.05, 3.63) is 76.5 Å². The summed E-state index contributed by atoms with van der Waals surface area (Å²) in [6.45, 7) is 2.29. The van der Waals surface area contributed by atoms with E-state index in [1.165, 1.54) is 24.1 Å². The summed E-state index contributed by atoms with van der Waals surface area (Å²) in [4.78, 5) is 42.5. The van der Waals surface area contributed by atoms with E-state index in [1.807, 2.05) is 0 Å². The van der Waals surface area contributed by atoms with Crippen molar-refractivity contribution in [1.29, 1.82) is 0 Å². The number of carbonyl (C=O) groups is 3. The third kappa shape index (κ3) is 5.82. The number of rotatable bonds is 7. The Morgan fingerprint density at radius 2 is 1.81 bits per heavy atom. The number of hydrogen-bond acceptors (Lipinski definition) is 7. The molecule has 0 aromatic heterocycles. The van der Waals surface area contributed by atoms with E-state index in [-0.39, 0.29) is 29.8 Å². The second-order valence-electron chi connectivity index (χ2n) is 6.63. The summed E-state index contributed by atoms with van der Waals surface area (Å²) in [5.41, 5.74) is 1.78. The number of amidine groups is 1. The molecule has 32 heavy (non-hydrogen) atoms. The van der Waals surface area contributed by atoms with Gasteiger partial charge in [-0.15, -0.1) is 0 Å². The second-order valence-corrected chi connectivity index (χ2v) is 7.64. The molecule has 0 unspecified atom stereocenters. The molecule has 0 saturated carbocycles. The summed E-state index contributed by atoms with van der Waals surface area (Å²) < 4.78 is 22.8. The van der Waals surface area contributed by atoms with Crippen LogP contribution in [0.2, 0.25) is 0 Å². The summed E-state index contributed by atoms with van der Waals surface area (Å²) in [7, 11) is 1.23. The van der Waals surface area contributed by atoms with E-state index in [9.17, 15) is 18.8 Å². The van der Waals surface area contributed by atoms with Crippen molar-refractivity contribution in [2.24, 2.45) is 4.99 Å². The first-order valence-electron chi connectivity index (χ1n) is 9.81. The zero-order valence-corrected chi connectivity index (χ0v) is 18.4. The Hall–Kier alpha value is -3.46. The highest BCUT2D eigenvalue weighted by atomic mass is 32.2. The van der Waals surface area contributed by atoms with Gasteiger partial charge in [0, 0.05) is 12.6 Å². The van der Waals surface area contributed by atoms with Crippen LogP contribution in [0.4, 0.5) is 10.1 Å². The fourth-order valence-corrected chi connectivity index (χ4v) is 3.83. The monoisotopic (exact) mass is 456 g/mol. The Morgan fingerprint density at radius 1 is 1.12 bits per heavy atom. The van der Waals surface area contributed by atoms with Gasteiger partial charge in [-0.25, -0.2) is 19.0 Å². The van der Waals surface area contributed by atoms with Crippen LogP contribution < -0.4 is 0 Å². The van der Waals surface area contributed by atoms with Gasteiger partial charge < -0.3 is 9.47 Å². The minimum atomic E-state index is -0.639. The Kier molecular flexibility index (Phi) is 7.77. The lowest BCUT2D eigenvalue weighted by molar-refractivity contribution is -0.135. The zero-order valence-electron chi connectivity index (χ0n) is 17.5. The fraction of sp³-hybridized carbons (Fsp3) is 0.217. The molecular weight excluding hydrogens is 435 g/mol. The molecule has 1 aliphatic rings. The van der Waals surface area contributed by atoms with Gasteiger partial charge in [0.15, 0.2) is 5.17 Å². The SMILES string of the molecule is CCOC(=O)c1ccc(N=C2SC(=CC(=O)OC)C(=O)N2CCc2ccc(F)cc2)cc1. The maximum Gasteiger partial charge on any atom is 0.338 e. The quantitative estimate of drug-likeness (QED) is 0.465. The first-order chi connectivity index (χ1) is 15.4. The van der Waals surface area contributed by atoms with Crippen LogP contribution in [0.3, 0.4) is 0 Å². The maximum absolute atomic E-state index is 13.2. The standard InChI is InChI=1S/C23H21FN2O5S/c1-3-31-22(29)16-6-10-18(11-7-16)25-23-26(13-12-15-4-8-17(24)9-5-15)21(28)19(32-23)14-20(27)30-2/h4-11,14H,3,12-13H2,1-2H3. The molecule has 1 saturated heterocycles. The molecule has 0 N–H and O–H groups in total. The van der Waals surface area contributed by atoms with Crippen LogP contribution in [0.5, 0.6) is 0 Å². The van der Waals surface area contributed by atoms with E-state index < -0.39 is 11.9 Å². The summed E-state index contributed by atoms with van der Waals surface area (Å²) >= 11 is 1.06. The van der Waals surface area contributed by atoms with Crippen molar-refractivity contribution in [2.75, 3.05) is 20.3 Å². The molecule has 1 aliphatic heterocycles. The molecule has 2 aromatic carbocycles. The van der Waals surface area contributed by atoms with Gasteiger partial charge in [0.05, 0.1) is 29.9 Å². The second kappa shape index (κ2) is 10.7. The molecule has 166 valence electrons. The van der Waals surface area contributed by atoms with E-state index >= 15 is 0 Å². The minimum Gasteiger partial charge on any atom is -0.466 e. The number of esters is 2. The Balaban J connectivity index is 1.84. The highest BCUT2D eigenvalue weighted by Gasteiger charge is 2.34. The van der Waals surface area contributed by atoms with E-state index in [1.54, 1.807) is 43.3 Å². The summed E-state index contributed by atoms with van der Waals surface area (Å²) in [5, 5.41) is 0.385. The minimum absolute atomic E-state index is 0.192. The van der Waals surface area contributed by atoms with Crippen LogP contribution in [0.15, 0.2) is 64.5 Å². The van der Waals surface area contributed by atoms with Crippen LogP contribution in [0.1, 0.15) is 22.8 Å². The van der Waals surface area contributed by atoms with Gasteiger partial charge in [-0.05, 0) is 67.1 Å². The van der Waals surface area contributed by atoms with E-state index in [0.717, 1.165) is 23.4 Å². The topological polar surface area (TPSA) is 85.3 Å². The van der Waals surface area contributed by atoms with Crippen LogP contribution in [0, 0.1) is 5.82 Å². The largest absolute Gasteiger partial charge is 0.466 e. The molecule has 1 heterocycles. The van der Waals surface area contributed by atoms with Crippen molar-refractivity contribution >= 4 is 40.5 Å². The average molecular weight is 456 g/mol. The van der Waals surface area contributed by atoms with E-state index in [2.05, 4.69) is 9.73 Å². The number of amides is 1. The smallest absolute Gasteiger partial charge is 0.338 e. The van der Waals surface area contributed by atoms with Gasteiger partial charge in [0.1, 0.15) is 5.82 Å². The van der Waals surface area contributed by atoms with Crippen LogP contribution in [0.25, 0.3) is 0 Å². The van der Waals surface area contributed by atoms with Crippen molar-refractivity contribution in [2.45, 2.75) is 13.3 Å². The van der Waals surface area contributed by atoms with Gasteiger partial charge in [0.2, 0.25) is 0 Å². The van der Waals surface area contributed by atoms with E-state index in [0.29, 0.717) is 22.8 Å². The van der Waals surface area contributed by atoms with Crippen molar-refractivity contribution in [3.8, 4) is 0 Å². The zero-order chi connectivity index (χ0) is 23.1. The molecule has 2 aromatic rings. The molecule has 0 spiro atoms. The lowest BCUT2D eigenvalue weighted by Crippen LogP contribution is -2.31. The number of benzene rings is 2. The maximum atomic E-state index is 13.2. The molecule has 0 aliphatic carbocycles. The lowest BCUT2D eigenvalue weighted by atomic mass is 10.1. The number of methoxy groups -OCH3 is 1. The van der Waals surface area contributed by atoms with Gasteiger partial charge >= 0.3 is 11.9 Å². The number of halogens is 1. The number of aliphatic imine (C=N–C) groups is 1. The number of nitrogens with zero attached hydrogens (tertiary/aromatic N) is 2. The molecule has 0 atom stereocenters. The molecule has 9 heteroatoms. The predicted octanol–water partition coefficient (Wildman–Crippen LogP) is 3.86. The number of thioether (sulfide) groups is 1. The van der Waals surface area contributed by atoms with Gasteiger partial charge in [-0.3, -0.25) is 9.69 Å². The van der Waals surface area contributed by atoms with Crippen molar-refractivity contribution < 1.29 is 28.2 Å². The predicted molar refractivity (Wildman–Crippen MR) is 119 cm³/mol. The third-order valence-corrected chi connectivity index (χ3v) is 5.49. The molecule has 1 fully saturated rings. The molecular formula is C23H21FN2O5S. The fourth-order valence-electron chi connectivity index (χ4n) is 2.84. The van der Waals surface area contributed by atoms with Crippen molar-refractivity contribution in [1.82, 2.24) is 4.90 Å². The molecule has 0 bridgehead atoms. The molecule has 3 rings (SSSR count). The number of hydrogen-bond donors (Lipinski definition) is 0. The summed E-state index contributed by atoms with van der Waals surface area (Å²) in [6.07, 6.45) is 1.60. The Bertz CT molecular complexity index is 1060. The van der Waals surface area contributed by atoms with Crippen molar-refractivity contribution in [3.63, 3.8) is 0 Å². The highest BCUT2D eigenvalue weighted by Crippen LogP contribution is 2.33. The summed E-state index contributed by atoms with van der Waals surface area (Å²) in [6, 6.07) is 12.5. The number of carbonyl (C=O) groups excluding carboxylic acids is 3. The average Bonchev–Trinajstić information content (AvgIpc) is 3.07. The van der Waals surface area contributed by atoms with Crippen LogP contribution in [-0.2, 0) is 25.5 Å². The van der Waals surface area contributed by atoms with Crippen LogP contribution in [-0.4, -0.2) is 48.2 Å². The first-order valence-corrected chi connectivity index (χ1v) is 10.6. The Labute approximate surface area is 188 Å². The lowest BCUT2D eigenvalue weighted by Gasteiger charge is -2.15. The molecule has 7 nitrogen and oxygen atoms in total. The van der Waals surface area contributed by atoms with Crippen LogP contribution >= 0.6 is 11.8 Å². The van der Waals surface area contributed by atoms with Gasteiger partial charge in [-0.1, -0.05) is 12.1 Å². The summed E-state index contributed by atoms with van der Waals surface area (Å²) in [5.74, 6) is -1.77. The van der Waals surface area contributed by atoms with Gasteiger partial charge in [-0.2, -0.15) is 0 Å². The Morgan fingerprint density at radius 3 is 2.44 bits per heavy atom. The third-order valence-electron chi connectivity index (χ3n) is 4.48. The normalized spacial score (nSPS) is 16.0. The first kappa shape index (κ1) is 23.2. The highest BCUT2D eigenvalue weighted by molar-refractivity contribution is 8.18.